The number of nitrogens with zero attached hydrogens (tertiary/aromatic N) is 2. The molecule has 0 spiro atoms. The lowest BCUT2D eigenvalue weighted by atomic mass is 9.97. The molecule has 2 saturated heterocycles. The van der Waals surface area contributed by atoms with Gasteiger partial charge in [0.2, 0.25) is 0 Å². The van der Waals surface area contributed by atoms with Gasteiger partial charge in [-0.25, -0.2) is 0 Å². The standard InChI is InChI=1S/C15H29N3/c1-16-9-7-14-4-2-3-10-18(14)15-8-11-17(12-15)13-5-6-13/h13-16H,2-12H2,1H3. The molecule has 0 amide bonds. The molecule has 1 aliphatic carbocycles. The molecule has 1 saturated carbocycles. The number of rotatable bonds is 5. The van der Waals surface area contributed by atoms with Crippen molar-refractivity contribution in [3.63, 3.8) is 0 Å². The molecule has 3 rings (SSSR count). The molecule has 104 valence electrons. The van der Waals surface area contributed by atoms with E-state index in [-0.39, 0.29) is 0 Å². The Balaban J connectivity index is 1.54. The molecule has 2 unspecified atom stereocenters. The maximum Gasteiger partial charge on any atom is 0.0238 e. The summed E-state index contributed by atoms with van der Waals surface area (Å²) >= 11 is 0. The molecule has 0 bridgehead atoms. The first kappa shape index (κ1) is 12.9. The third-order valence-electron chi connectivity index (χ3n) is 5.13. The molecule has 0 aromatic rings. The van der Waals surface area contributed by atoms with Gasteiger partial charge < -0.3 is 5.32 Å². The van der Waals surface area contributed by atoms with Crippen LogP contribution in [-0.4, -0.2) is 61.2 Å². The van der Waals surface area contributed by atoms with Crippen molar-refractivity contribution in [1.29, 1.82) is 0 Å². The van der Waals surface area contributed by atoms with E-state index in [1.165, 1.54) is 71.1 Å². The summed E-state index contributed by atoms with van der Waals surface area (Å²) in [5.74, 6) is 0. The summed E-state index contributed by atoms with van der Waals surface area (Å²) in [4.78, 5) is 5.62. The summed E-state index contributed by atoms with van der Waals surface area (Å²) in [6.07, 6.45) is 10.0. The lowest BCUT2D eigenvalue weighted by Gasteiger charge is -2.40. The molecular weight excluding hydrogens is 222 g/mol. The summed E-state index contributed by atoms with van der Waals surface area (Å²) in [7, 11) is 2.08. The van der Waals surface area contributed by atoms with E-state index in [1.807, 2.05) is 0 Å². The minimum atomic E-state index is 0.857. The molecule has 2 heterocycles. The van der Waals surface area contributed by atoms with Gasteiger partial charge in [0, 0.05) is 31.2 Å². The Bertz CT molecular complexity index is 264. The Morgan fingerprint density at radius 3 is 2.67 bits per heavy atom. The van der Waals surface area contributed by atoms with Crippen LogP contribution in [-0.2, 0) is 0 Å². The zero-order valence-electron chi connectivity index (χ0n) is 11.9. The number of hydrogen-bond donors (Lipinski definition) is 1. The smallest absolute Gasteiger partial charge is 0.0238 e. The lowest BCUT2D eigenvalue weighted by Crippen LogP contribution is -2.48. The molecular formula is C15H29N3. The van der Waals surface area contributed by atoms with Gasteiger partial charge in [0.25, 0.3) is 0 Å². The third kappa shape index (κ3) is 2.89. The van der Waals surface area contributed by atoms with E-state index in [9.17, 15) is 0 Å². The number of nitrogens with one attached hydrogen (secondary N) is 1. The van der Waals surface area contributed by atoms with E-state index in [0.29, 0.717) is 0 Å². The van der Waals surface area contributed by atoms with Gasteiger partial charge in [-0.2, -0.15) is 0 Å². The zero-order chi connectivity index (χ0) is 12.4. The predicted octanol–water partition coefficient (Wildman–Crippen LogP) is 1.69. The fourth-order valence-corrected chi connectivity index (χ4v) is 3.93. The molecule has 3 fully saturated rings. The summed E-state index contributed by atoms with van der Waals surface area (Å²) in [5, 5.41) is 3.33. The van der Waals surface area contributed by atoms with E-state index < -0.39 is 0 Å². The van der Waals surface area contributed by atoms with Crippen molar-refractivity contribution in [2.75, 3.05) is 33.2 Å². The average molecular weight is 251 g/mol. The Labute approximate surface area is 112 Å². The molecule has 0 radical (unpaired) electrons. The first-order chi connectivity index (χ1) is 8.88. The maximum absolute atomic E-state index is 3.33. The van der Waals surface area contributed by atoms with E-state index in [1.54, 1.807) is 0 Å². The van der Waals surface area contributed by atoms with Crippen molar-refractivity contribution in [3.8, 4) is 0 Å². The van der Waals surface area contributed by atoms with Crippen LogP contribution in [0.4, 0.5) is 0 Å². The van der Waals surface area contributed by atoms with E-state index in [2.05, 4.69) is 22.2 Å². The van der Waals surface area contributed by atoms with Gasteiger partial charge in [0.1, 0.15) is 0 Å². The minimum Gasteiger partial charge on any atom is -0.320 e. The van der Waals surface area contributed by atoms with Crippen molar-refractivity contribution in [3.05, 3.63) is 0 Å². The largest absolute Gasteiger partial charge is 0.320 e. The van der Waals surface area contributed by atoms with Gasteiger partial charge in [-0.05, 0) is 58.7 Å². The summed E-state index contributed by atoms with van der Waals surface area (Å²) in [6.45, 7) is 5.27. The summed E-state index contributed by atoms with van der Waals surface area (Å²) < 4.78 is 0. The lowest BCUT2D eigenvalue weighted by molar-refractivity contribution is 0.0908. The highest BCUT2D eigenvalue weighted by atomic mass is 15.3. The Kier molecular flexibility index (Phi) is 4.22. The fraction of sp³-hybridized carbons (Fsp3) is 1.00. The number of likely N-dealkylation sites (tertiary alicyclic amines) is 2. The second kappa shape index (κ2) is 5.89. The molecule has 2 atom stereocenters. The van der Waals surface area contributed by atoms with Crippen molar-refractivity contribution < 1.29 is 0 Å². The van der Waals surface area contributed by atoms with Crippen LogP contribution in [0.5, 0.6) is 0 Å². The predicted molar refractivity (Wildman–Crippen MR) is 75.9 cm³/mol. The molecule has 3 heteroatoms. The number of hydrogen-bond acceptors (Lipinski definition) is 3. The van der Waals surface area contributed by atoms with Crippen LogP contribution < -0.4 is 5.32 Å². The topological polar surface area (TPSA) is 18.5 Å². The van der Waals surface area contributed by atoms with Gasteiger partial charge in [0.05, 0.1) is 0 Å². The first-order valence-electron chi connectivity index (χ1n) is 8.03. The van der Waals surface area contributed by atoms with Crippen LogP contribution in [0.2, 0.25) is 0 Å². The second-order valence-electron chi connectivity index (χ2n) is 6.45. The highest BCUT2D eigenvalue weighted by Crippen LogP contribution is 2.33. The first-order valence-corrected chi connectivity index (χ1v) is 8.03. The van der Waals surface area contributed by atoms with E-state index in [4.69, 9.17) is 0 Å². The SMILES string of the molecule is CNCCC1CCCCN1C1CCN(C2CC2)C1. The van der Waals surface area contributed by atoms with Crippen LogP contribution >= 0.6 is 0 Å². The molecule has 0 aromatic carbocycles. The van der Waals surface area contributed by atoms with Crippen molar-refractivity contribution >= 4 is 0 Å². The highest BCUT2D eigenvalue weighted by molar-refractivity contribution is 4.95. The molecule has 3 nitrogen and oxygen atoms in total. The van der Waals surface area contributed by atoms with E-state index in [0.717, 1.165) is 18.1 Å². The number of piperidine rings is 1. The third-order valence-corrected chi connectivity index (χ3v) is 5.13. The molecule has 2 aliphatic heterocycles. The molecule has 0 aromatic heterocycles. The average Bonchev–Trinajstić information content (AvgIpc) is 3.15. The Morgan fingerprint density at radius 2 is 1.89 bits per heavy atom. The summed E-state index contributed by atoms with van der Waals surface area (Å²) in [5.41, 5.74) is 0. The van der Waals surface area contributed by atoms with Gasteiger partial charge in [0.15, 0.2) is 0 Å². The van der Waals surface area contributed by atoms with Crippen LogP contribution in [0.25, 0.3) is 0 Å². The van der Waals surface area contributed by atoms with Gasteiger partial charge in [-0.15, -0.1) is 0 Å². The van der Waals surface area contributed by atoms with Crippen molar-refractivity contribution in [1.82, 2.24) is 15.1 Å². The van der Waals surface area contributed by atoms with Crippen LogP contribution in [0.3, 0.4) is 0 Å². The monoisotopic (exact) mass is 251 g/mol. The van der Waals surface area contributed by atoms with Gasteiger partial charge in [-0.1, -0.05) is 6.42 Å². The van der Waals surface area contributed by atoms with Crippen LogP contribution in [0.15, 0.2) is 0 Å². The van der Waals surface area contributed by atoms with E-state index >= 15 is 0 Å². The summed E-state index contributed by atoms with van der Waals surface area (Å²) in [6, 6.07) is 2.69. The molecule has 3 aliphatic rings. The molecule has 18 heavy (non-hydrogen) atoms. The van der Waals surface area contributed by atoms with Crippen LogP contribution in [0, 0.1) is 0 Å². The minimum absolute atomic E-state index is 0.857. The maximum atomic E-state index is 3.33. The Hall–Kier alpha value is -0.120. The quantitative estimate of drug-likeness (QED) is 0.802. The van der Waals surface area contributed by atoms with Crippen molar-refractivity contribution in [2.24, 2.45) is 0 Å². The zero-order valence-corrected chi connectivity index (χ0v) is 11.9. The fourth-order valence-electron chi connectivity index (χ4n) is 3.93. The van der Waals surface area contributed by atoms with Crippen molar-refractivity contribution in [2.45, 2.75) is 63.1 Å². The van der Waals surface area contributed by atoms with Gasteiger partial charge in [-0.3, -0.25) is 9.80 Å². The highest BCUT2D eigenvalue weighted by Gasteiger charge is 2.38. The molecule has 1 N–H and O–H groups in total. The normalized spacial score (nSPS) is 35.2. The second-order valence-corrected chi connectivity index (χ2v) is 6.45. The van der Waals surface area contributed by atoms with Crippen LogP contribution in [0.1, 0.15) is 44.9 Å². The Morgan fingerprint density at radius 1 is 1.00 bits per heavy atom. The van der Waals surface area contributed by atoms with Gasteiger partial charge >= 0.3 is 0 Å².